The molecule has 2 heterocycles. The minimum Gasteiger partial charge on any atom is -0.479 e. The minimum atomic E-state index is -1.64. The molecule has 2 aliphatic heterocycles. The Morgan fingerprint density at radius 3 is 2.00 bits per heavy atom. The summed E-state index contributed by atoms with van der Waals surface area (Å²) in [5, 5.41) is 45.6. The number of methoxy groups -OCH3 is 1. The van der Waals surface area contributed by atoms with Gasteiger partial charge in [-0.25, -0.2) is 4.79 Å². The summed E-state index contributed by atoms with van der Waals surface area (Å²) in [5.41, 5.74) is 0. The molecule has 0 saturated carbocycles. The summed E-state index contributed by atoms with van der Waals surface area (Å²) in [5.74, 6) is -2.44. The maximum Gasteiger partial charge on any atom is 0.335 e. The van der Waals surface area contributed by atoms with E-state index in [4.69, 9.17) is 18.9 Å². The Kier molecular flexibility index (Phi) is 8.71. The lowest BCUT2D eigenvalue weighted by molar-refractivity contribution is -0.310. The number of rotatable bonds is 7. The summed E-state index contributed by atoms with van der Waals surface area (Å²) in [6.45, 7) is 3.46. The van der Waals surface area contributed by atoms with Gasteiger partial charge in [-0.05, 0) is 6.92 Å². The number of carboxylic acids is 1. The summed E-state index contributed by atoms with van der Waals surface area (Å²) in [7, 11) is 1.18. The van der Waals surface area contributed by atoms with Crippen molar-refractivity contribution < 1.29 is 53.8 Å². The lowest BCUT2D eigenvalue weighted by Crippen LogP contribution is -2.69. The zero-order chi connectivity index (χ0) is 23.5. The molecule has 2 saturated heterocycles. The van der Waals surface area contributed by atoms with E-state index in [1.165, 1.54) is 21.0 Å². The van der Waals surface area contributed by atoms with Gasteiger partial charge >= 0.3 is 5.97 Å². The fourth-order valence-corrected chi connectivity index (χ4v) is 3.86. The van der Waals surface area contributed by atoms with Crippen LogP contribution in [0.4, 0.5) is 0 Å². The van der Waals surface area contributed by atoms with Crippen LogP contribution in [-0.4, -0.2) is 113 Å². The van der Waals surface area contributed by atoms with Crippen LogP contribution < -0.4 is 10.6 Å². The molecule has 2 amide bonds. The van der Waals surface area contributed by atoms with E-state index in [0.29, 0.717) is 0 Å². The van der Waals surface area contributed by atoms with E-state index in [1.807, 2.05) is 0 Å². The third kappa shape index (κ3) is 5.68. The minimum absolute atomic E-state index is 0.435. The maximum absolute atomic E-state index is 11.7. The quantitative estimate of drug-likeness (QED) is 0.228. The summed E-state index contributed by atoms with van der Waals surface area (Å²) in [6.07, 6.45) is -10.5. The number of ether oxygens (including phenoxy) is 4. The Morgan fingerprint density at radius 2 is 1.52 bits per heavy atom. The lowest BCUT2D eigenvalue weighted by Gasteiger charge is -2.47. The molecule has 0 bridgehead atoms. The number of carboxylic acid groups (broad SMARTS) is 1. The number of hydrogen-bond acceptors (Lipinski definition) is 10. The molecule has 0 radical (unpaired) electrons. The summed E-state index contributed by atoms with van der Waals surface area (Å²) < 4.78 is 21.9. The monoisotopic (exact) mass is 450 g/mol. The second kappa shape index (κ2) is 10.6. The number of nitrogens with one attached hydrogen (secondary N) is 2. The van der Waals surface area contributed by atoms with Crippen molar-refractivity contribution in [1.82, 2.24) is 10.6 Å². The van der Waals surface area contributed by atoms with Gasteiger partial charge in [0.15, 0.2) is 12.4 Å². The second-order valence-corrected chi connectivity index (χ2v) is 7.56. The molecule has 0 aromatic carbocycles. The Balaban J connectivity index is 2.33. The third-order valence-corrected chi connectivity index (χ3v) is 5.27. The molecule has 2 aliphatic rings. The topological polar surface area (TPSA) is 193 Å². The van der Waals surface area contributed by atoms with Crippen molar-refractivity contribution >= 4 is 17.8 Å². The van der Waals surface area contributed by atoms with Crippen LogP contribution >= 0.6 is 0 Å². The van der Waals surface area contributed by atoms with Crippen LogP contribution in [0.15, 0.2) is 0 Å². The van der Waals surface area contributed by atoms with Crippen LogP contribution in [0.1, 0.15) is 20.8 Å². The van der Waals surface area contributed by atoms with Gasteiger partial charge in [0.1, 0.15) is 36.6 Å². The van der Waals surface area contributed by atoms with Crippen molar-refractivity contribution in [2.24, 2.45) is 0 Å². The largest absolute Gasteiger partial charge is 0.479 e. The Hall–Kier alpha value is -1.87. The molecule has 0 aromatic rings. The van der Waals surface area contributed by atoms with Gasteiger partial charge in [-0.1, -0.05) is 0 Å². The van der Waals surface area contributed by atoms with Crippen molar-refractivity contribution in [3.05, 3.63) is 0 Å². The first kappa shape index (κ1) is 25.4. The van der Waals surface area contributed by atoms with Crippen LogP contribution in [-0.2, 0) is 33.3 Å². The van der Waals surface area contributed by atoms with E-state index in [2.05, 4.69) is 10.6 Å². The molecule has 4 unspecified atom stereocenters. The normalized spacial score (nSPS) is 40.7. The molecule has 178 valence electrons. The number of aliphatic hydroxyl groups excluding tert-OH is 3. The highest BCUT2D eigenvalue weighted by Crippen LogP contribution is 2.30. The highest BCUT2D eigenvalue weighted by atomic mass is 16.7. The summed E-state index contributed by atoms with van der Waals surface area (Å²) in [4.78, 5) is 34.8. The number of amides is 2. The molecule has 2 rings (SSSR count). The van der Waals surface area contributed by atoms with E-state index in [0.717, 1.165) is 0 Å². The number of carbonyl (C=O) groups is 3. The first-order valence-electron chi connectivity index (χ1n) is 9.75. The fraction of sp³-hybridized carbons (Fsp3) is 0.833. The predicted molar refractivity (Wildman–Crippen MR) is 101 cm³/mol. The van der Waals surface area contributed by atoms with Gasteiger partial charge in [0.05, 0.1) is 18.8 Å². The van der Waals surface area contributed by atoms with Gasteiger partial charge in [-0.15, -0.1) is 0 Å². The number of hydrogen-bond donors (Lipinski definition) is 6. The molecule has 0 spiro atoms. The molecule has 6 N–H and O–H groups in total. The Bertz CT molecular complexity index is 662. The van der Waals surface area contributed by atoms with Crippen molar-refractivity contribution in [2.45, 2.75) is 81.9 Å². The van der Waals surface area contributed by atoms with Gasteiger partial charge in [0.2, 0.25) is 11.8 Å². The predicted octanol–water partition coefficient (Wildman–Crippen LogP) is -3.29. The zero-order valence-corrected chi connectivity index (χ0v) is 17.6. The van der Waals surface area contributed by atoms with Crippen LogP contribution in [0.2, 0.25) is 0 Å². The Labute approximate surface area is 178 Å². The molecule has 0 aliphatic carbocycles. The van der Waals surface area contributed by atoms with Gasteiger partial charge in [0, 0.05) is 21.0 Å². The van der Waals surface area contributed by atoms with E-state index in [1.54, 1.807) is 6.92 Å². The van der Waals surface area contributed by atoms with Crippen LogP contribution in [0.3, 0.4) is 0 Å². The average Bonchev–Trinajstić information content (AvgIpc) is 2.68. The molecular formula is C18H30N2O11. The highest BCUT2D eigenvalue weighted by Gasteiger charge is 2.53. The SMILES string of the molecule is CO[C@@H]1C(C(=O)O)O[C@@H](O[C@H]2C(O)C(NC(C)=O)[C@H](C)O[C@H]2CO)C(NC(C)=O)[C@H]1O. The van der Waals surface area contributed by atoms with Gasteiger partial charge in [0.25, 0.3) is 0 Å². The van der Waals surface area contributed by atoms with Crippen LogP contribution in [0, 0.1) is 0 Å². The summed E-state index contributed by atoms with van der Waals surface area (Å²) >= 11 is 0. The first-order chi connectivity index (χ1) is 14.5. The van der Waals surface area contributed by atoms with E-state index in [9.17, 15) is 34.8 Å². The molecule has 13 nitrogen and oxygen atoms in total. The number of aliphatic carboxylic acids is 1. The molecule has 10 atom stereocenters. The van der Waals surface area contributed by atoms with Crippen molar-refractivity contribution in [1.29, 1.82) is 0 Å². The third-order valence-electron chi connectivity index (χ3n) is 5.27. The van der Waals surface area contributed by atoms with Crippen LogP contribution in [0.5, 0.6) is 0 Å². The molecular weight excluding hydrogens is 420 g/mol. The van der Waals surface area contributed by atoms with Crippen LogP contribution in [0.25, 0.3) is 0 Å². The lowest BCUT2D eigenvalue weighted by atomic mass is 9.92. The first-order valence-corrected chi connectivity index (χ1v) is 9.75. The highest BCUT2D eigenvalue weighted by molar-refractivity contribution is 5.75. The molecule has 13 heteroatoms. The maximum atomic E-state index is 11.7. The molecule has 2 fully saturated rings. The summed E-state index contributed by atoms with van der Waals surface area (Å²) in [6, 6.07) is -2.16. The van der Waals surface area contributed by atoms with Crippen molar-refractivity contribution in [3.8, 4) is 0 Å². The van der Waals surface area contributed by atoms with Crippen molar-refractivity contribution in [2.75, 3.05) is 13.7 Å². The van der Waals surface area contributed by atoms with E-state index in [-0.39, 0.29) is 0 Å². The van der Waals surface area contributed by atoms with E-state index >= 15 is 0 Å². The molecule has 31 heavy (non-hydrogen) atoms. The van der Waals surface area contributed by atoms with E-state index < -0.39 is 85.5 Å². The fourth-order valence-electron chi connectivity index (χ4n) is 3.86. The van der Waals surface area contributed by atoms with Gasteiger partial charge in [-0.2, -0.15) is 0 Å². The van der Waals surface area contributed by atoms with Gasteiger partial charge < -0.3 is 50.0 Å². The number of carbonyl (C=O) groups excluding carboxylic acids is 2. The Morgan fingerprint density at radius 1 is 0.968 bits per heavy atom. The van der Waals surface area contributed by atoms with Crippen molar-refractivity contribution in [3.63, 3.8) is 0 Å². The smallest absolute Gasteiger partial charge is 0.335 e. The number of aliphatic hydroxyl groups is 3. The zero-order valence-electron chi connectivity index (χ0n) is 17.6. The average molecular weight is 450 g/mol. The van der Waals surface area contributed by atoms with Gasteiger partial charge in [-0.3, -0.25) is 9.59 Å². The molecule has 0 aromatic heterocycles. The second-order valence-electron chi connectivity index (χ2n) is 7.56. The standard InChI is InChI=1S/C18H30N2O11/c1-6-10(19-7(2)22)12(24)14(9(5-21)29-6)30-18-11(20-8(3)23)13(25)15(28-4)16(31-18)17(26)27/h6,9-16,18,21,24-25H,5H2,1-4H3,(H,19,22)(H,20,23)(H,26,27)/t6-,9-,10?,11?,12?,13+,14+,15-,16?,18+/m0/s1.